The van der Waals surface area contributed by atoms with Gasteiger partial charge in [0.2, 0.25) is 0 Å². The fourth-order valence-electron chi connectivity index (χ4n) is 1.83. The van der Waals surface area contributed by atoms with Gasteiger partial charge in [-0.3, -0.25) is 0 Å². The molecule has 0 saturated carbocycles. The zero-order chi connectivity index (χ0) is 15.4. The molecule has 8 heteroatoms. The van der Waals surface area contributed by atoms with Crippen molar-refractivity contribution < 1.29 is 14.4 Å². The van der Waals surface area contributed by atoms with Crippen LogP contribution in [-0.2, 0) is 13.1 Å². The Bertz CT molecular complexity index is 770. The van der Waals surface area contributed by atoms with E-state index >= 15 is 0 Å². The van der Waals surface area contributed by atoms with E-state index in [1.165, 1.54) is 17.4 Å². The number of carboxylic acids is 1. The molecular formula is C14H12N4O3S. The average molecular weight is 316 g/mol. The Balaban J connectivity index is 1.57. The van der Waals surface area contributed by atoms with E-state index in [1.807, 2.05) is 17.5 Å². The predicted molar refractivity (Wildman–Crippen MR) is 79.4 cm³/mol. The summed E-state index contributed by atoms with van der Waals surface area (Å²) in [5.41, 5.74) is 0.667. The van der Waals surface area contributed by atoms with Crippen molar-refractivity contribution in [3.8, 4) is 10.8 Å². The van der Waals surface area contributed by atoms with E-state index in [9.17, 15) is 4.79 Å². The first-order valence-corrected chi connectivity index (χ1v) is 7.37. The fourth-order valence-corrected chi connectivity index (χ4v) is 2.47. The van der Waals surface area contributed by atoms with E-state index < -0.39 is 5.97 Å². The topological polar surface area (TPSA) is 101 Å². The minimum atomic E-state index is -1.04. The predicted octanol–water partition coefficient (Wildman–Crippen LogP) is 2.18. The third-order valence-electron chi connectivity index (χ3n) is 2.82. The summed E-state index contributed by atoms with van der Waals surface area (Å²) in [5, 5.41) is 17.8. The molecule has 0 aromatic carbocycles. The molecule has 112 valence electrons. The lowest BCUT2D eigenvalue weighted by molar-refractivity contribution is 0.0690. The van der Waals surface area contributed by atoms with Gasteiger partial charge in [0, 0.05) is 6.54 Å². The molecule has 0 spiro atoms. The van der Waals surface area contributed by atoms with Gasteiger partial charge < -0.3 is 14.9 Å². The minimum Gasteiger partial charge on any atom is -0.477 e. The van der Waals surface area contributed by atoms with Crippen molar-refractivity contribution >= 4 is 17.3 Å². The summed E-state index contributed by atoms with van der Waals surface area (Å²) in [5.74, 6) is -0.00352. The minimum absolute atomic E-state index is 0.0267. The average Bonchev–Trinajstić information content (AvgIpc) is 3.18. The number of hydrogen-bond acceptors (Lipinski definition) is 7. The molecule has 3 aromatic rings. The Kier molecular flexibility index (Phi) is 4.22. The number of thiophene rings is 1. The largest absolute Gasteiger partial charge is 0.477 e. The highest BCUT2D eigenvalue weighted by Crippen LogP contribution is 2.22. The molecule has 0 amide bonds. The molecule has 2 N–H and O–H groups in total. The van der Waals surface area contributed by atoms with E-state index in [0.29, 0.717) is 30.5 Å². The number of hydrogen-bond donors (Lipinski definition) is 2. The summed E-state index contributed by atoms with van der Waals surface area (Å²) in [4.78, 5) is 20.1. The lowest BCUT2D eigenvalue weighted by atomic mass is 10.3. The van der Waals surface area contributed by atoms with E-state index in [4.69, 9.17) is 9.63 Å². The summed E-state index contributed by atoms with van der Waals surface area (Å²) in [6, 6.07) is 8.71. The van der Waals surface area contributed by atoms with Crippen LogP contribution >= 0.6 is 11.3 Å². The zero-order valence-electron chi connectivity index (χ0n) is 11.4. The first-order valence-electron chi connectivity index (χ1n) is 6.49. The van der Waals surface area contributed by atoms with Crippen LogP contribution in [0.2, 0.25) is 0 Å². The molecule has 3 heterocycles. The zero-order valence-corrected chi connectivity index (χ0v) is 12.2. The number of pyridine rings is 1. The molecule has 0 saturated heterocycles. The summed E-state index contributed by atoms with van der Waals surface area (Å²) in [6.45, 7) is 0.831. The Labute approximate surface area is 129 Å². The molecule has 0 fully saturated rings. The fraction of sp³-hybridized carbons (Fsp3) is 0.143. The van der Waals surface area contributed by atoms with Gasteiger partial charge >= 0.3 is 5.97 Å². The van der Waals surface area contributed by atoms with Gasteiger partial charge in [0.15, 0.2) is 5.82 Å². The van der Waals surface area contributed by atoms with Crippen LogP contribution in [0.1, 0.15) is 22.0 Å². The molecule has 7 nitrogen and oxygen atoms in total. The first kappa shape index (κ1) is 14.4. The number of carbonyl (C=O) groups is 1. The lowest BCUT2D eigenvalue weighted by Crippen LogP contribution is -2.15. The van der Waals surface area contributed by atoms with Crippen LogP contribution in [0.15, 0.2) is 40.2 Å². The van der Waals surface area contributed by atoms with Gasteiger partial charge in [0.25, 0.3) is 5.89 Å². The molecule has 22 heavy (non-hydrogen) atoms. The molecule has 0 aliphatic carbocycles. The molecule has 3 aromatic heterocycles. The maximum absolute atomic E-state index is 10.8. The van der Waals surface area contributed by atoms with Crippen molar-refractivity contribution in [3.63, 3.8) is 0 Å². The van der Waals surface area contributed by atoms with E-state index in [2.05, 4.69) is 20.4 Å². The third-order valence-corrected chi connectivity index (χ3v) is 3.67. The molecule has 0 unspecified atom stereocenters. The second kappa shape index (κ2) is 6.46. The van der Waals surface area contributed by atoms with Crippen LogP contribution in [0.5, 0.6) is 0 Å². The monoisotopic (exact) mass is 316 g/mol. The van der Waals surface area contributed by atoms with Crippen molar-refractivity contribution in [3.05, 3.63) is 52.9 Å². The van der Waals surface area contributed by atoms with Crippen molar-refractivity contribution in [1.29, 1.82) is 0 Å². The number of nitrogens with zero attached hydrogens (tertiary/aromatic N) is 3. The van der Waals surface area contributed by atoms with Gasteiger partial charge in [-0.25, -0.2) is 9.78 Å². The van der Waals surface area contributed by atoms with Crippen molar-refractivity contribution in [2.75, 3.05) is 0 Å². The van der Waals surface area contributed by atoms with Gasteiger partial charge in [-0.15, -0.1) is 11.3 Å². The molecule has 0 radical (unpaired) electrons. The van der Waals surface area contributed by atoms with Crippen LogP contribution < -0.4 is 5.32 Å². The summed E-state index contributed by atoms with van der Waals surface area (Å²) in [6.07, 6.45) is 0. The Morgan fingerprint density at radius 1 is 1.23 bits per heavy atom. The molecular weight excluding hydrogens is 304 g/mol. The number of aromatic nitrogens is 3. The van der Waals surface area contributed by atoms with Gasteiger partial charge in [0.1, 0.15) is 5.69 Å². The lowest BCUT2D eigenvalue weighted by Gasteiger charge is -2.02. The SMILES string of the molecule is O=C(O)c1cccc(CNCc2noc(-c3cccs3)n2)n1. The number of nitrogens with one attached hydrogen (secondary N) is 1. The second-order valence-corrected chi connectivity index (χ2v) is 5.36. The molecule has 0 bridgehead atoms. The normalized spacial score (nSPS) is 10.7. The summed E-state index contributed by atoms with van der Waals surface area (Å²) in [7, 11) is 0. The molecule has 0 atom stereocenters. The van der Waals surface area contributed by atoms with Crippen molar-refractivity contribution in [2.45, 2.75) is 13.1 Å². The van der Waals surface area contributed by atoms with Crippen LogP contribution in [0.4, 0.5) is 0 Å². The first-order chi connectivity index (χ1) is 10.7. The second-order valence-electron chi connectivity index (χ2n) is 4.42. The van der Waals surface area contributed by atoms with Crippen LogP contribution in [0.3, 0.4) is 0 Å². The van der Waals surface area contributed by atoms with E-state index in [1.54, 1.807) is 12.1 Å². The summed E-state index contributed by atoms with van der Waals surface area (Å²) < 4.78 is 5.18. The van der Waals surface area contributed by atoms with E-state index in [0.717, 1.165) is 4.88 Å². The van der Waals surface area contributed by atoms with Gasteiger partial charge in [-0.2, -0.15) is 4.98 Å². The third kappa shape index (κ3) is 3.35. The summed E-state index contributed by atoms with van der Waals surface area (Å²) >= 11 is 1.53. The number of aromatic carboxylic acids is 1. The highest BCUT2D eigenvalue weighted by Gasteiger charge is 2.09. The van der Waals surface area contributed by atoms with Crippen LogP contribution in [0, 0.1) is 0 Å². The molecule has 0 aliphatic rings. The Morgan fingerprint density at radius 3 is 2.91 bits per heavy atom. The van der Waals surface area contributed by atoms with Gasteiger partial charge in [0.05, 0.1) is 17.1 Å². The van der Waals surface area contributed by atoms with Gasteiger partial charge in [-0.1, -0.05) is 17.3 Å². The standard InChI is InChI=1S/C14H12N4O3S/c19-14(20)10-4-1-3-9(16-10)7-15-8-12-17-13(21-18-12)11-5-2-6-22-11/h1-6,15H,7-8H2,(H,19,20). The number of rotatable bonds is 6. The highest BCUT2D eigenvalue weighted by atomic mass is 32.1. The maximum Gasteiger partial charge on any atom is 0.354 e. The molecule has 3 rings (SSSR count). The van der Waals surface area contributed by atoms with Crippen molar-refractivity contribution in [2.24, 2.45) is 0 Å². The van der Waals surface area contributed by atoms with E-state index in [-0.39, 0.29) is 5.69 Å². The smallest absolute Gasteiger partial charge is 0.354 e. The van der Waals surface area contributed by atoms with Crippen LogP contribution in [-0.4, -0.2) is 26.2 Å². The van der Waals surface area contributed by atoms with Gasteiger partial charge in [-0.05, 0) is 23.6 Å². The highest BCUT2D eigenvalue weighted by molar-refractivity contribution is 7.13. The number of carboxylic acid groups (broad SMARTS) is 1. The Hall–Kier alpha value is -2.58. The molecule has 0 aliphatic heterocycles. The quantitative estimate of drug-likeness (QED) is 0.718. The van der Waals surface area contributed by atoms with Crippen molar-refractivity contribution in [1.82, 2.24) is 20.4 Å². The Morgan fingerprint density at radius 2 is 2.14 bits per heavy atom. The maximum atomic E-state index is 10.8. The van der Waals surface area contributed by atoms with Crippen LogP contribution in [0.25, 0.3) is 10.8 Å².